The molecule has 19 heavy (non-hydrogen) atoms. The van der Waals surface area contributed by atoms with Crippen molar-refractivity contribution in [1.82, 2.24) is 10.2 Å². The molecule has 1 aliphatic heterocycles. The highest BCUT2D eigenvalue weighted by atomic mass is 16.3. The molecule has 0 amide bonds. The minimum atomic E-state index is 0.516. The zero-order valence-electron chi connectivity index (χ0n) is 12.8. The summed E-state index contributed by atoms with van der Waals surface area (Å²) < 4.78 is 5.69. The minimum Gasteiger partial charge on any atom is -0.468 e. The van der Waals surface area contributed by atoms with Crippen LogP contribution in [0.2, 0.25) is 0 Å². The Bertz CT molecular complexity index is 386. The maximum Gasteiger partial charge on any atom is 0.118 e. The Morgan fingerprint density at radius 2 is 2.21 bits per heavy atom. The highest BCUT2D eigenvalue weighted by Gasteiger charge is 2.23. The third kappa shape index (κ3) is 4.36. The second-order valence-electron chi connectivity index (χ2n) is 6.41. The first-order valence-electron chi connectivity index (χ1n) is 7.58. The van der Waals surface area contributed by atoms with Gasteiger partial charge in [-0.1, -0.05) is 20.8 Å². The van der Waals surface area contributed by atoms with Crippen molar-refractivity contribution in [3.63, 3.8) is 0 Å². The predicted molar refractivity (Wildman–Crippen MR) is 79.0 cm³/mol. The SMILES string of the molecule is CC1CCN(Cc2cc(CNC(C)C)co2)C(C)C1. The lowest BCUT2D eigenvalue weighted by molar-refractivity contribution is 0.114. The zero-order valence-corrected chi connectivity index (χ0v) is 12.8. The zero-order chi connectivity index (χ0) is 13.8. The van der Waals surface area contributed by atoms with E-state index in [9.17, 15) is 0 Å². The topological polar surface area (TPSA) is 28.4 Å². The molecule has 1 N–H and O–H groups in total. The number of furan rings is 1. The lowest BCUT2D eigenvalue weighted by atomic mass is 9.93. The van der Waals surface area contributed by atoms with Gasteiger partial charge in [-0.2, -0.15) is 0 Å². The van der Waals surface area contributed by atoms with Crippen molar-refractivity contribution in [2.45, 2.75) is 65.7 Å². The van der Waals surface area contributed by atoms with Crippen molar-refractivity contribution in [2.75, 3.05) is 6.54 Å². The fraction of sp³-hybridized carbons (Fsp3) is 0.750. The third-order valence-electron chi connectivity index (χ3n) is 4.06. The summed E-state index contributed by atoms with van der Waals surface area (Å²) >= 11 is 0. The molecule has 2 atom stereocenters. The second kappa shape index (κ2) is 6.58. The van der Waals surface area contributed by atoms with Crippen LogP contribution in [0.15, 0.2) is 16.7 Å². The molecule has 1 aliphatic rings. The molecule has 3 nitrogen and oxygen atoms in total. The van der Waals surface area contributed by atoms with Gasteiger partial charge in [0.25, 0.3) is 0 Å². The van der Waals surface area contributed by atoms with Crippen LogP contribution in [0.4, 0.5) is 0 Å². The number of hydrogen-bond acceptors (Lipinski definition) is 3. The largest absolute Gasteiger partial charge is 0.468 e. The Balaban J connectivity index is 1.85. The van der Waals surface area contributed by atoms with Crippen molar-refractivity contribution < 1.29 is 4.42 Å². The van der Waals surface area contributed by atoms with Crippen molar-refractivity contribution in [3.05, 3.63) is 23.7 Å². The van der Waals surface area contributed by atoms with E-state index in [0.717, 1.165) is 24.8 Å². The predicted octanol–water partition coefficient (Wildman–Crippen LogP) is 3.40. The van der Waals surface area contributed by atoms with Gasteiger partial charge >= 0.3 is 0 Å². The quantitative estimate of drug-likeness (QED) is 0.883. The van der Waals surface area contributed by atoms with Crippen LogP contribution in [-0.2, 0) is 13.1 Å². The van der Waals surface area contributed by atoms with Crippen molar-refractivity contribution in [1.29, 1.82) is 0 Å². The van der Waals surface area contributed by atoms with Gasteiger partial charge in [-0.25, -0.2) is 0 Å². The fourth-order valence-corrected chi connectivity index (χ4v) is 2.81. The van der Waals surface area contributed by atoms with E-state index in [0.29, 0.717) is 12.1 Å². The number of hydrogen-bond donors (Lipinski definition) is 1. The van der Waals surface area contributed by atoms with Gasteiger partial charge in [0.2, 0.25) is 0 Å². The van der Waals surface area contributed by atoms with Crippen molar-refractivity contribution >= 4 is 0 Å². The normalized spacial score (nSPS) is 25.1. The van der Waals surface area contributed by atoms with Gasteiger partial charge < -0.3 is 9.73 Å². The lowest BCUT2D eigenvalue weighted by Gasteiger charge is -2.35. The molecule has 2 unspecified atom stereocenters. The van der Waals surface area contributed by atoms with Crippen LogP contribution in [0.5, 0.6) is 0 Å². The summed E-state index contributed by atoms with van der Waals surface area (Å²) in [4.78, 5) is 2.54. The van der Waals surface area contributed by atoms with E-state index in [1.807, 2.05) is 6.26 Å². The van der Waals surface area contributed by atoms with E-state index in [1.165, 1.54) is 24.9 Å². The first-order valence-corrected chi connectivity index (χ1v) is 7.58. The summed E-state index contributed by atoms with van der Waals surface area (Å²) in [5, 5.41) is 3.42. The average Bonchev–Trinajstić information content (AvgIpc) is 2.78. The molecule has 3 heteroatoms. The number of nitrogens with zero attached hydrogens (tertiary/aromatic N) is 1. The highest BCUT2D eigenvalue weighted by Crippen LogP contribution is 2.24. The number of piperidine rings is 1. The van der Waals surface area contributed by atoms with E-state index in [1.54, 1.807) is 0 Å². The van der Waals surface area contributed by atoms with Crippen molar-refractivity contribution in [3.8, 4) is 0 Å². The van der Waals surface area contributed by atoms with E-state index in [-0.39, 0.29) is 0 Å². The molecule has 1 aromatic heterocycles. The molecular formula is C16H28N2O. The van der Waals surface area contributed by atoms with Gasteiger partial charge in [0.15, 0.2) is 0 Å². The molecule has 2 rings (SSSR count). The highest BCUT2D eigenvalue weighted by molar-refractivity contribution is 5.13. The Hall–Kier alpha value is -0.800. The van der Waals surface area contributed by atoms with Crippen LogP contribution in [0.3, 0.4) is 0 Å². The maximum absolute atomic E-state index is 5.69. The van der Waals surface area contributed by atoms with Gasteiger partial charge in [0.1, 0.15) is 5.76 Å². The Kier molecular flexibility index (Phi) is 5.06. The van der Waals surface area contributed by atoms with E-state index in [4.69, 9.17) is 4.42 Å². The average molecular weight is 264 g/mol. The first kappa shape index (κ1) is 14.6. The Labute approximate surface area is 117 Å². The molecular weight excluding hydrogens is 236 g/mol. The van der Waals surface area contributed by atoms with E-state index < -0.39 is 0 Å². The van der Waals surface area contributed by atoms with Crippen LogP contribution in [-0.4, -0.2) is 23.5 Å². The molecule has 0 bridgehead atoms. The molecule has 0 radical (unpaired) electrons. The fourth-order valence-electron chi connectivity index (χ4n) is 2.81. The lowest BCUT2D eigenvalue weighted by Crippen LogP contribution is -2.39. The van der Waals surface area contributed by atoms with Gasteiger partial charge in [-0.05, 0) is 38.3 Å². The van der Waals surface area contributed by atoms with Gasteiger partial charge in [0, 0.05) is 24.2 Å². The standard InChI is InChI=1S/C16H28N2O/c1-12(2)17-9-15-8-16(19-11-15)10-18-6-5-13(3)7-14(18)4/h8,11-14,17H,5-7,9-10H2,1-4H3. The molecule has 1 aromatic rings. The molecule has 1 saturated heterocycles. The van der Waals surface area contributed by atoms with Crippen LogP contribution >= 0.6 is 0 Å². The van der Waals surface area contributed by atoms with E-state index >= 15 is 0 Å². The van der Waals surface area contributed by atoms with Gasteiger partial charge in [0.05, 0.1) is 12.8 Å². The number of nitrogens with one attached hydrogen (secondary N) is 1. The summed E-state index contributed by atoms with van der Waals surface area (Å²) in [6, 6.07) is 3.38. The van der Waals surface area contributed by atoms with Crippen LogP contribution in [0, 0.1) is 5.92 Å². The van der Waals surface area contributed by atoms with Crippen LogP contribution in [0.25, 0.3) is 0 Å². The molecule has 0 saturated carbocycles. The number of rotatable bonds is 5. The number of likely N-dealkylation sites (tertiary alicyclic amines) is 1. The molecule has 0 spiro atoms. The summed E-state index contributed by atoms with van der Waals surface area (Å²) in [6.07, 6.45) is 4.51. The molecule has 1 fully saturated rings. The van der Waals surface area contributed by atoms with Crippen LogP contribution in [0.1, 0.15) is 51.9 Å². The minimum absolute atomic E-state index is 0.516. The smallest absolute Gasteiger partial charge is 0.118 e. The first-order chi connectivity index (χ1) is 9.04. The molecule has 0 aromatic carbocycles. The van der Waals surface area contributed by atoms with Gasteiger partial charge in [-0.3, -0.25) is 4.90 Å². The third-order valence-corrected chi connectivity index (χ3v) is 4.06. The molecule has 2 heterocycles. The van der Waals surface area contributed by atoms with Crippen molar-refractivity contribution in [2.24, 2.45) is 5.92 Å². The van der Waals surface area contributed by atoms with Gasteiger partial charge in [-0.15, -0.1) is 0 Å². The maximum atomic E-state index is 5.69. The monoisotopic (exact) mass is 264 g/mol. The molecule has 108 valence electrons. The molecule has 0 aliphatic carbocycles. The summed E-state index contributed by atoms with van der Waals surface area (Å²) in [7, 11) is 0. The summed E-state index contributed by atoms with van der Waals surface area (Å²) in [5.41, 5.74) is 1.25. The Morgan fingerprint density at radius 1 is 1.42 bits per heavy atom. The second-order valence-corrected chi connectivity index (χ2v) is 6.41. The summed E-state index contributed by atoms with van der Waals surface area (Å²) in [6.45, 7) is 12.1. The van der Waals surface area contributed by atoms with E-state index in [2.05, 4.69) is 44.0 Å². The summed E-state index contributed by atoms with van der Waals surface area (Å²) in [5.74, 6) is 1.97. The van der Waals surface area contributed by atoms with Crippen LogP contribution < -0.4 is 5.32 Å². The Morgan fingerprint density at radius 3 is 2.89 bits per heavy atom.